The minimum absolute atomic E-state index is 0.711. The van der Waals surface area contributed by atoms with Gasteiger partial charge < -0.3 is 14.4 Å². The Morgan fingerprint density at radius 1 is 0.629 bits per heavy atom. The number of rotatable bonds is 6. The van der Waals surface area contributed by atoms with Crippen LogP contribution in [0.3, 0.4) is 0 Å². The average Bonchev–Trinajstić information content (AvgIpc) is 2.79. The van der Waals surface area contributed by atoms with Crippen molar-refractivity contribution in [2.24, 2.45) is 0 Å². The molecule has 0 saturated carbocycles. The molecule has 3 aromatic carbocycles. The molecule has 0 unspecified atom stereocenters. The summed E-state index contributed by atoms with van der Waals surface area (Å²) in [4.78, 5) is 6.73. The van der Waals surface area contributed by atoms with Crippen molar-refractivity contribution >= 4 is 5.69 Å². The van der Waals surface area contributed by atoms with Crippen LogP contribution in [0.4, 0.5) is 5.69 Å². The zero-order valence-corrected chi connectivity index (χ0v) is 22.0. The van der Waals surface area contributed by atoms with Gasteiger partial charge in [-0.1, -0.05) is 35.4 Å². The molecule has 0 fully saturated rings. The maximum Gasteiger partial charge on any atom is 0.140 e. The SMILES string of the molecule is Cc1cc(C)c(Oc2ccc(-c3cc(N(C)C)ccn3)c(Oc3c(C)cc(C)cc3C)c2)c(C)c1. The van der Waals surface area contributed by atoms with Gasteiger partial charge in [-0.25, -0.2) is 0 Å². The fraction of sp³-hybridized carbons (Fsp3) is 0.258. The van der Waals surface area contributed by atoms with Crippen molar-refractivity contribution in [3.05, 3.63) is 94.2 Å². The highest BCUT2D eigenvalue weighted by Gasteiger charge is 2.16. The first-order valence-corrected chi connectivity index (χ1v) is 11.9. The molecule has 0 amide bonds. The number of nitrogens with zero attached hydrogens (tertiary/aromatic N) is 2. The first-order valence-electron chi connectivity index (χ1n) is 11.9. The van der Waals surface area contributed by atoms with Crippen LogP contribution in [-0.4, -0.2) is 19.1 Å². The van der Waals surface area contributed by atoms with Gasteiger partial charge in [0.15, 0.2) is 0 Å². The maximum atomic E-state index is 6.61. The van der Waals surface area contributed by atoms with Crippen molar-refractivity contribution in [3.63, 3.8) is 0 Å². The summed E-state index contributed by atoms with van der Waals surface area (Å²) in [5, 5.41) is 0. The average molecular weight is 467 g/mol. The lowest BCUT2D eigenvalue weighted by atomic mass is 10.1. The van der Waals surface area contributed by atoms with Crippen LogP contribution < -0.4 is 14.4 Å². The predicted molar refractivity (Wildman–Crippen MR) is 145 cm³/mol. The fourth-order valence-electron chi connectivity index (χ4n) is 4.59. The molecule has 1 aromatic heterocycles. The largest absolute Gasteiger partial charge is 0.457 e. The Morgan fingerprint density at radius 2 is 1.17 bits per heavy atom. The monoisotopic (exact) mass is 466 g/mol. The van der Waals surface area contributed by atoms with E-state index in [4.69, 9.17) is 9.47 Å². The third-order valence-electron chi connectivity index (χ3n) is 6.13. The molecule has 4 rings (SSSR count). The second-order valence-electron chi connectivity index (χ2n) is 9.61. The molecule has 0 aliphatic heterocycles. The summed E-state index contributed by atoms with van der Waals surface area (Å²) in [6.45, 7) is 12.5. The summed E-state index contributed by atoms with van der Waals surface area (Å²) >= 11 is 0. The minimum atomic E-state index is 0.711. The van der Waals surface area contributed by atoms with Crippen LogP contribution in [0.25, 0.3) is 11.3 Å². The Hall–Kier alpha value is -3.79. The van der Waals surface area contributed by atoms with E-state index in [-0.39, 0.29) is 0 Å². The number of pyridine rings is 1. The van der Waals surface area contributed by atoms with Crippen LogP contribution >= 0.6 is 0 Å². The first kappa shape index (κ1) is 24.3. The number of anilines is 1. The maximum absolute atomic E-state index is 6.61. The van der Waals surface area contributed by atoms with Gasteiger partial charge in [-0.2, -0.15) is 0 Å². The Labute approximate surface area is 209 Å². The number of aryl methyl sites for hydroxylation is 6. The van der Waals surface area contributed by atoms with E-state index in [9.17, 15) is 0 Å². The van der Waals surface area contributed by atoms with Gasteiger partial charge in [0.2, 0.25) is 0 Å². The van der Waals surface area contributed by atoms with Crippen LogP contribution in [0.5, 0.6) is 23.0 Å². The van der Waals surface area contributed by atoms with Crippen molar-refractivity contribution in [2.45, 2.75) is 41.5 Å². The molecule has 0 saturated heterocycles. The topological polar surface area (TPSA) is 34.6 Å². The van der Waals surface area contributed by atoms with E-state index in [1.807, 2.05) is 44.6 Å². The van der Waals surface area contributed by atoms with E-state index in [0.29, 0.717) is 5.75 Å². The highest BCUT2D eigenvalue weighted by molar-refractivity contribution is 5.72. The number of aromatic nitrogens is 1. The molecule has 0 radical (unpaired) electrons. The third-order valence-corrected chi connectivity index (χ3v) is 6.13. The van der Waals surface area contributed by atoms with Crippen molar-refractivity contribution < 1.29 is 9.47 Å². The highest BCUT2D eigenvalue weighted by atomic mass is 16.5. The molecule has 0 N–H and O–H groups in total. The molecule has 180 valence electrons. The van der Waals surface area contributed by atoms with Crippen LogP contribution in [0.1, 0.15) is 33.4 Å². The van der Waals surface area contributed by atoms with Gasteiger partial charge in [0, 0.05) is 37.6 Å². The predicted octanol–water partition coefficient (Wildman–Crippen LogP) is 8.25. The Bertz CT molecular complexity index is 1340. The molecule has 4 nitrogen and oxygen atoms in total. The van der Waals surface area contributed by atoms with Gasteiger partial charge in [-0.3, -0.25) is 4.98 Å². The van der Waals surface area contributed by atoms with E-state index in [1.54, 1.807) is 0 Å². The Balaban J connectivity index is 1.82. The summed E-state index contributed by atoms with van der Waals surface area (Å²) in [6, 6.07) is 18.6. The minimum Gasteiger partial charge on any atom is -0.457 e. The third kappa shape index (κ3) is 5.32. The zero-order chi connectivity index (χ0) is 25.3. The zero-order valence-electron chi connectivity index (χ0n) is 22.0. The van der Waals surface area contributed by atoms with Crippen molar-refractivity contribution in [1.29, 1.82) is 0 Å². The molecule has 4 heteroatoms. The second kappa shape index (κ2) is 9.83. The summed E-state index contributed by atoms with van der Waals surface area (Å²) in [6.07, 6.45) is 1.83. The van der Waals surface area contributed by atoms with E-state index < -0.39 is 0 Å². The molecule has 0 atom stereocenters. The number of hydrogen-bond donors (Lipinski definition) is 0. The normalized spacial score (nSPS) is 10.9. The first-order chi connectivity index (χ1) is 16.6. The van der Waals surface area contributed by atoms with Crippen LogP contribution in [0, 0.1) is 41.5 Å². The lowest BCUT2D eigenvalue weighted by Crippen LogP contribution is -2.08. The van der Waals surface area contributed by atoms with Crippen LogP contribution in [0.15, 0.2) is 60.8 Å². The van der Waals surface area contributed by atoms with Gasteiger partial charge in [0.25, 0.3) is 0 Å². The van der Waals surface area contributed by atoms with Crippen molar-refractivity contribution in [1.82, 2.24) is 4.98 Å². The van der Waals surface area contributed by atoms with Crippen LogP contribution in [0.2, 0.25) is 0 Å². The summed E-state index contributed by atoms with van der Waals surface area (Å²) in [7, 11) is 4.05. The van der Waals surface area contributed by atoms with Crippen LogP contribution in [-0.2, 0) is 0 Å². The summed E-state index contributed by atoms with van der Waals surface area (Å²) in [5.41, 5.74) is 9.70. The van der Waals surface area contributed by atoms with E-state index in [2.05, 4.69) is 81.8 Å². The quantitative estimate of drug-likeness (QED) is 0.286. The number of benzene rings is 3. The molecular weight excluding hydrogens is 432 g/mol. The summed E-state index contributed by atoms with van der Waals surface area (Å²) in [5.74, 6) is 3.18. The van der Waals surface area contributed by atoms with Gasteiger partial charge in [0.05, 0.1) is 5.69 Å². The molecule has 1 heterocycles. The Kier molecular flexibility index (Phi) is 6.83. The second-order valence-corrected chi connectivity index (χ2v) is 9.61. The molecule has 4 aromatic rings. The van der Waals surface area contributed by atoms with Crippen molar-refractivity contribution in [2.75, 3.05) is 19.0 Å². The van der Waals surface area contributed by atoms with E-state index in [1.165, 1.54) is 11.1 Å². The number of ether oxygens (including phenoxy) is 2. The fourth-order valence-corrected chi connectivity index (χ4v) is 4.59. The van der Waals surface area contributed by atoms with Gasteiger partial charge >= 0.3 is 0 Å². The van der Waals surface area contributed by atoms with Gasteiger partial charge in [-0.15, -0.1) is 0 Å². The number of hydrogen-bond acceptors (Lipinski definition) is 4. The Morgan fingerprint density at radius 3 is 1.71 bits per heavy atom. The molecule has 35 heavy (non-hydrogen) atoms. The lowest BCUT2D eigenvalue weighted by molar-refractivity contribution is 0.454. The smallest absolute Gasteiger partial charge is 0.140 e. The standard InChI is InChI=1S/C31H34N2O2/c1-19-13-21(3)30(22(4)14-19)34-26-9-10-27(28-17-25(33(7)8)11-12-32-28)29(18-26)35-31-23(5)15-20(2)16-24(31)6/h9-18H,1-8H3. The highest BCUT2D eigenvalue weighted by Crippen LogP contribution is 2.40. The molecule has 0 bridgehead atoms. The van der Waals surface area contributed by atoms with E-state index in [0.717, 1.165) is 56.4 Å². The van der Waals surface area contributed by atoms with Crippen molar-refractivity contribution in [3.8, 4) is 34.3 Å². The lowest BCUT2D eigenvalue weighted by Gasteiger charge is -2.19. The molecule has 0 aliphatic carbocycles. The summed E-state index contributed by atoms with van der Waals surface area (Å²) < 4.78 is 13.0. The van der Waals surface area contributed by atoms with Gasteiger partial charge in [-0.05, 0) is 88.1 Å². The molecular formula is C31H34N2O2. The van der Waals surface area contributed by atoms with E-state index >= 15 is 0 Å². The van der Waals surface area contributed by atoms with Gasteiger partial charge in [0.1, 0.15) is 23.0 Å². The molecule has 0 spiro atoms. The molecule has 0 aliphatic rings.